The summed E-state index contributed by atoms with van der Waals surface area (Å²) >= 11 is 0. The SMILES string of the molecule is CCC(Oc1ccc(C(=O)C2CC2)cc1)c1nnn(-c2ccc(C(=O)O)c(F)c2)n1. The fourth-order valence-electron chi connectivity index (χ4n) is 3.03. The van der Waals surface area contributed by atoms with Crippen LogP contribution < -0.4 is 4.74 Å². The lowest BCUT2D eigenvalue weighted by Gasteiger charge is -2.14. The second-order valence-corrected chi connectivity index (χ2v) is 7.08. The molecule has 0 amide bonds. The Bertz CT molecular complexity index is 1090. The maximum absolute atomic E-state index is 13.9. The van der Waals surface area contributed by atoms with Crippen LogP contribution in [-0.4, -0.2) is 37.1 Å². The highest BCUT2D eigenvalue weighted by Gasteiger charge is 2.30. The van der Waals surface area contributed by atoms with Gasteiger partial charge in [0.15, 0.2) is 11.9 Å². The summed E-state index contributed by atoms with van der Waals surface area (Å²) in [6, 6.07) is 10.6. The van der Waals surface area contributed by atoms with Crippen molar-refractivity contribution in [2.75, 3.05) is 0 Å². The minimum atomic E-state index is -1.35. The molecule has 1 fully saturated rings. The maximum atomic E-state index is 13.9. The monoisotopic (exact) mass is 410 g/mol. The lowest BCUT2D eigenvalue weighted by atomic mass is 10.1. The van der Waals surface area contributed by atoms with Crippen LogP contribution in [0.4, 0.5) is 4.39 Å². The van der Waals surface area contributed by atoms with Crippen molar-refractivity contribution < 1.29 is 23.8 Å². The van der Waals surface area contributed by atoms with Crippen molar-refractivity contribution in [2.24, 2.45) is 5.92 Å². The molecular weight excluding hydrogens is 391 g/mol. The number of halogens is 1. The van der Waals surface area contributed by atoms with E-state index in [9.17, 15) is 14.0 Å². The van der Waals surface area contributed by atoms with E-state index in [0.717, 1.165) is 29.8 Å². The average Bonchev–Trinajstić information content (AvgIpc) is 3.48. The first-order chi connectivity index (χ1) is 14.5. The van der Waals surface area contributed by atoms with Crippen molar-refractivity contribution in [1.29, 1.82) is 0 Å². The number of hydrogen-bond acceptors (Lipinski definition) is 6. The Morgan fingerprint density at radius 1 is 1.23 bits per heavy atom. The van der Waals surface area contributed by atoms with Gasteiger partial charge in [-0.1, -0.05) is 6.92 Å². The molecule has 0 saturated heterocycles. The molecule has 4 rings (SSSR count). The van der Waals surface area contributed by atoms with Crippen molar-refractivity contribution in [2.45, 2.75) is 32.3 Å². The molecule has 1 aromatic heterocycles. The molecule has 1 N–H and O–H groups in total. The third kappa shape index (κ3) is 4.05. The largest absolute Gasteiger partial charge is 0.482 e. The molecule has 154 valence electrons. The second kappa shape index (κ2) is 8.02. The van der Waals surface area contributed by atoms with E-state index in [0.29, 0.717) is 23.6 Å². The molecule has 9 heteroatoms. The van der Waals surface area contributed by atoms with Crippen LogP contribution in [0.25, 0.3) is 5.69 Å². The van der Waals surface area contributed by atoms with Gasteiger partial charge in [-0.3, -0.25) is 4.79 Å². The number of Topliss-reactive ketones (excluding diaryl/α,β-unsaturated/α-hetero) is 1. The number of aromatic carboxylic acids is 1. The van der Waals surface area contributed by atoms with E-state index in [4.69, 9.17) is 9.84 Å². The number of ether oxygens (including phenoxy) is 1. The molecule has 1 unspecified atom stereocenters. The van der Waals surface area contributed by atoms with Crippen LogP contribution in [0.2, 0.25) is 0 Å². The average molecular weight is 410 g/mol. The molecule has 0 radical (unpaired) electrons. The van der Waals surface area contributed by atoms with E-state index in [-0.39, 0.29) is 17.4 Å². The Morgan fingerprint density at radius 2 is 1.97 bits per heavy atom. The van der Waals surface area contributed by atoms with Crippen LogP contribution >= 0.6 is 0 Å². The standard InChI is InChI=1S/C21H19FN4O4/c1-2-18(30-15-8-5-13(6-9-15)19(27)12-3-4-12)20-23-25-26(24-20)14-7-10-16(21(28)29)17(22)11-14/h5-12,18H,2-4H2,1H3,(H,28,29). The lowest BCUT2D eigenvalue weighted by Crippen LogP contribution is -2.10. The van der Waals surface area contributed by atoms with Gasteiger partial charge in [0.1, 0.15) is 11.6 Å². The van der Waals surface area contributed by atoms with Crippen LogP contribution in [0.5, 0.6) is 5.75 Å². The number of carbonyl (C=O) groups excluding carboxylic acids is 1. The van der Waals surface area contributed by atoms with E-state index in [1.807, 2.05) is 6.92 Å². The Kier molecular flexibility index (Phi) is 5.26. The predicted molar refractivity (Wildman–Crippen MR) is 103 cm³/mol. The fraction of sp³-hybridized carbons (Fsp3) is 0.286. The molecule has 1 saturated carbocycles. The summed E-state index contributed by atoms with van der Waals surface area (Å²) in [5, 5.41) is 21.1. The summed E-state index contributed by atoms with van der Waals surface area (Å²) in [5.74, 6) is -1.03. The molecule has 30 heavy (non-hydrogen) atoms. The smallest absolute Gasteiger partial charge is 0.338 e. The summed E-state index contributed by atoms with van der Waals surface area (Å²) in [7, 11) is 0. The molecule has 1 aliphatic rings. The number of benzene rings is 2. The summed E-state index contributed by atoms with van der Waals surface area (Å²) in [5.41, 5.74) is 0.486. The molecule has 0 bridgehead atoms. The summed E-state index contributed by atoms with van der Waals surface area (Å²) in [4.78, 5) is 24.2. The maximum Gasteiger partial charge on any atom is 0.338 e. The van der Waals surface area contributed by atoms with E-state index < -0.39 is 23.5 Å². The van der Waals surface area contributed by atoms with Crippen molar-refractivity contribution >= 4 is 11.8 Å². The molecule has 0 aliphatic heterocycles. The molecule has 2 aromatic carbocycles. The van der Waals surface area contributed by atoms with Gasteiger partial charge in [-0.2, -0.15) is 0 Å². The van der Waals surface area contributed by atoms with Crippen molar-refractivity contribution in [3.05, 3.63) is 65.2 Å². The topological polar surface area (TPSA) is 107 Å². The third-order valence-corrected chi connectivity index (χ3v) is 4.87. The number of hydrogen-bond donors (Lipinski definition) is 1. The van der Waals surface area contributed by atoms with E-state index in [1.165, 1.54) is 6.07 Å². The first-order valence-electron chi connectivity index (χ1n) is 9.60. The van der Waals surface area contributed by atoms with E-state index in [1.54, 1.807) is 24.3 Å². The fourth-order valence-corrected chi connectivity index (χ4v) is 3.03. The Hall–Kier alpha value is -3.62. The molecule has 1 aliphatic carbocycles. The van der Waals surface area contributed by atoms with Crippen molar-refractivity contribution in [3.63, 3.8) is 0 Å². The number of tetrazole rings is 1. The van der Waals surface area contributed by atoms with Gasteiger partial charge in [-0.15, -0.1) is 15.0 Å². The zero-order chi connectivity index (χ0) is 21.3. The minimum Gasteiger partial charge on any atom is -0.482 e. The van der Waals surface area contributed by atoms with Gasteiger partial charge in [0.2, 0.25) is 5.82 Å². The Labute approximate surface area is 171 Å². The number of nitrogens with zero attached hydrogens (tertiary/aromatic N) is 4. The number of rotatable bonds is 8. The quantitative estimate of drug-likeness (QED) is 0.565. The van der Waals surface area contributed by atoms with E-state index >= 15 is 0 Å². The van der Waals surface area contributed by atoms with Crippen LogP contribution in [0.15, 0.2) is 42.5 Å². The normalized spacial score (nSPS) is 14.3. The predicted octanol–water partition coefficient (Wildman–Crippen LogP) is 3.62. The van der Waals surface area contributed by atoms with Crippen molar-refractivity contribution in [1.82, 2.24) is 20.2 Å². The Balaban J connectivity index is 1.49. The number of carbonyl (C=O) groups is 2. The van der Waals surface area contributed by atoms with Gasteiger partial charge in [0.25, 0.3) is 0 Å². The van der Waals surface area contributed by atoms with Gasteiger partial charge < -0.3 is 9.84 Å². The van der Waals surface area contributed by atoms with Crippen LogP contribution in [-0.2, 0) is 0 Å². The number of aromatic nitrogens is 4. The van der Waals surface area contributed by atoms with Gasteiger partial charge in [0, 0.05) is 17.5 Å². The van der Waals surface area contributed by atoms with Crippen LogP contribution in [0.1, 0.15) is 58.8 Å². The first-order valence-corrected chi connectivity index (χ1v) is 9.60. The lowest BCUT2D eigenvalue weighted by molar-refractivity contribution is 0.0691. The van der Waals surface area contributed by atoms with Gasteiger partial charge in [0.05, 0.1) is 11.3 Å². The third-order valence-electron chi connectivity index (χ3n) is 4.87. The highest BCUT2D eigenvalue weighted by Crippen LogP contribution is 2.33. The molecule has 0 spiro atoms. The zero-order valence-corrected chi connectivity index (χ0v) is 16.2. The number of carboxylic acid groups (broad SMARTS) is 1. The summed E-state index contributed by atoms with van der Waals surface area (Å²) < 4.78 is 19.9. The molecule has 1 heterocycles. The van der Waals surface area contributed by atoms with Gasteiger partial charge in [-0.25, -0.2) is 9.18 Å². The summed E-state index contributed by atoms with van der Waals surface area (Å²) in [6.45, 7) is 1.90. The number of carboxylic acids is 1. The minimum absolute atomic E-state index is 0.161. The van der Waals surface area contributed by atoms with Crippen LogP contribution in [0, 0.1) is 11.7 Å². The number of ketones is 1. The highest BCUT2D eigenvalue weighted by atomic mass is 19.1. The molecular formula is C21H19FN4O4. The molecule has 8 nitrogen and oxygen atoms in total. The first kappa shape index (κ1) is 19.7. The van der Waals surface area contributed by atoms with E-state index in [2.05, 4.69) is 15.4 Å². The second-order valence-electron chi connectivity index (χ2n) is 7.08. The zero-order valence-electron chi connectivity index (χ0n) is 16.2. The highest BCUT2D eigenvalue weighted by molar-refractivity contribution is 5.99. The molecule has 1 atom stereocenters. The summed E-state index contributed by atoms with van der Waals surface area (Å²) in [6.07, 6.45) is 1.98. The van der Waals surface area contributed by atoms with Gasteiger partial charge in [-0.05, 0) is 60.9 Å². The van der Waals surface area contributed by atoms with Gasteiger partial charge >= 0.3 is 5.97 Å². The molecule has 3 aromatic rings. The van der Waals surface area contributed by atoms with Crippen molar-refractivity contribution in [3.8, 4) is 11.4 Å². The van der Waals surface area contributed by atoms with Crippen LogP contribution in [0.3, 0.4) is 0 Å². The Morgan fingerprint density at radius 3 is 2.57 bits per heavy atom.